The Bertz CT molecular complexity index is 552. The minimum absolute atomic E-state index is 0.201. The quantitative estimate of drug-likeness (QED) is 0.818. The van der Waals surface area contributed by atoms with Crippen molar-refractivity contribution >= 4 is 17.6 Å². The van der Waals surface area contributed by atoms with E-state index in [0.717, 1.165) is 5.56 Å². The first-order chi connectivity index (χ1) is 9.16. The van der Waals surface area contributed by atoms with E-state index in [2.05, 4.69) is 20.3 Å². The first-order valence-electron chi connectivity index (χ1n) is 5.74. The molecule has 2 N–H and O–H groups in total. The van der Waals surface area contributed by atoms with Crippen LogP contribution in [0.2, 0.25) is 0 Å². The van der Waals surface area contributed by atoms with Crippen LogP contribution in [0.3, 0.4) is 0 Å². The Labute approximate surface area is 109 Å². The molecule has 2 aromatic rings. The monoisotopic (exact) mass is 259 g/mol. The molecule has 0 aliphatic carbocycles. The fourth-order valence-corrected chi connectivity index (χ4v) is 1.54. The maximum Gasteiger partial charge on any atom is 0.314 e. The van der Waals surface area contributed by atoms with Crippen molar-refractivity contribution in [3.8, 4) is 0 Å². The second kappa shape index (κ2) is 5.81. The van der Waals surface area contributed by atoms with Gasteiger partial charge in [0.05, 0.1) is 6.04 Å². The number of nitrogens with zero attached hydrogens (tertiary/aromatic N) is 1. The van der Waals surface area contributed by atoms with Gasteiger partial charge in [0.2, 0.25) is 0 Å². The fraction of sp³-hybridized carbons (Fsp3) is 0.154. The lowest BCUT2D eigenvalue weighted by molar-refractivity contribution is -0.136. The number of aromatic nitrogens is 1. The lowest BCUT2D eigenvalue weighted by Crippen LogP contribution is -2.36. The van der Waals surface area contributed by atoms with E-state index in [-0.39, 0.29) is 11.9 Å². The lowest BCUT2D eigenvalue weighted by Gasteiger charge is -2.13. The van der Waals surface area contributed by atoms with Crippen LogP contribution < -0.4 is 10.6 Å². The third kappa shape index (κ3) is 3.41. The molecule has 0 bridgehead atoms. The zero-order valence-corrected chi connectivity index (χ0v) is 10.3. The highest BCUT2D eigenvalue weighted by atomic mass is 16.5. The smallest absolute Gasteiger partial charge is 0.314 e. The van der Waals surface area contributed by atoms with Crippen LogP contribution in [0, 0.1) is 0 Å². The second-order valence-corrected chi connectivity index (χ2v) is 3.94. The Balaban J connectivity index is 1.92. The van der Waals surface area contributed by atoms with Crippen molar-refractivity contribution in [1.29, 1.82) is 0 Å². The highest BCUT2D eigenvalue weighted by Gasteiger charge is 2.17. The van der Waals surface area contributed by atoms with Crippen molar-refractivity contribution in [3.63, 3.8) is 0 Å². The number of carbonyl (C=O) groups is 2. The molecule has 0 fully saturated rings. The molecule has 0 radical (unpaired) electrons. The molecule has 2 amide bonds. The summed E-state index contributed by atoms with van der Waals surface area (Å²) in [6, 6.07) is 10.6. The van der Waals surface area contributed by atoms with Gasteiger partial charge in [-0.25, -0.2) is 0 Å². The van der Waals surface area contributed by atoms with Gasteiger partial charge in [-0.1, -0.05) is 35.5 Å². The van der Waals surface area contributed by atoms with Crippen molar-refractivity contribution in [2.45, 2.75) is 13.0 Å². The first kappa shape index (κ1) is 12.8. The number of carbonyl (C=O) groups excluding carboxylic acids is 2. The van der Waals surface area contributed by atoms with Crippen LogP contribution in [0.15, 0.2) is 47.2 Å². The van der Waals surface area contributed by atoms with Gasteiger partial charge in [0.1, 0.15) is 6.26 Å². The summed E-state index contributed by atoms with van der Waals surface area (Å²) in [6.45, 7) is 1.80. The van der Waals surface area contributed by atoms with Gasteiger partial charge in [0.25, 0.3) is 0 Å². The molecule has 0 saturated carbocycles. The van der Waals surface area contributed by atoms with Crippen LogP contribution >= 0.6 is 0 Å². The van der Waals surface area contributed by atoms with Gasteiger partial charge in [-0.3, -0.25) is 14.9 Å². The lowest BCUT2D eigenvalue weighted by atomic mass is 10.1. The maximum absolute atomic E-state index is 11.7. The van der Waals surface area contributed by atoms with E-state index >= 15 is 0 Å². The Morgan fingerprint density at radius 1 is 1.16 bits per heavy atom. The van der Waals surface area contributed by atoms with Crippen molar-refractivity contribution < 1.29 is 14.1 Å². The van der Waals surface area contributed by atoms with E-state index in [4.69, 9.17) is 0 Å². The van der Waals surface area contributed by atoms with E-state index in [1.807, 2.05) is 30.3 Å². The van der Waals surface area contributed by atoms with E-state index in [9.17, 15) is 9.59 Å². The van der Waals surface area contributed by atoms with Crippen LogP contribution in [0.1, 0.15) is 18.5 Å². The van der Waals surface area contributed by atoms with E-state index in [1.165, 1.54) is 12.3 Å². The Morgan fingerprint density at radius 2 is 1.89 bits per heavy atom. The van der Waals surface area contributed by atoms with Gasteiger partial charge in [-0.15, -0.1) is 0 Å². The zero-order chi connectivity index (χ0) is 13.7. The molecule has 6 nitrogen and oxygen atoms in total. The average molecular weight is 259 g/mol. The van der Waals surface area contributed by atoms with Crippen molar-refractivity contribution in [2.24, 2.45) is 0 Å². The molecule has 1 aromatic carbocycles. The average Bonchev–Trinajstić information content (AvgIpc) is 2.92. The van der Waals surface area contributed by atoms with Crippen LogP contribution in [-0.2, 0) is 9.59 Å². The van der Waals surface area contributed by atoms with Gasteiger partial charge in [-0.05, 0) is 12.5 Å². The predicted octanol–water partition coefficient (Wildman–Crippen LogP) is 1.49. The highest BCUT2D eigenvalue weighted by molar-refractivity contribution is 6.39. The number of nitrogens with one attached hydrogen (secondary N) is 2. The number of hydrogen-bond acceptors (Lipinski definition) is 4. The Morgan fingerprint density at radius 3 is 2.53 bits per heavy atom. The summed E-state index contributed by atoms with van der Waals surface area (Å²) in [5, 5.41) is 8.41. The molecule has 0 unspecified atom stereocenters. The fourth-order valence-electron chi connectivity index (χ4n) is 1.54. The van der Waals surface area contributed by atoms with Crippen LogP contribution in [0.4, 0.5) is 5.82 Å². The van der Waals surface area contributed by atoms with Gasteiger partial charge in [0.15, 0.2) is 5.82 Å². The normalized spacial score (nSPS) is 11.6. The van der Waals surface area contributed by atoms with E-state index < -0.39 is 11.8 Å². The molecule has 0 spiro atoms. The van der Waals surface area contributed by atoms with Crippen molar-refractivity contribution in [2.75, 3.05) is 5.32 Å². The van der Waals surface area contributed by atoms with E-state index in [0.29, 0.717) is 0 Å². The Hall–Kier alpha value is -2.63. The molecular formula is C13H13N3O3. The van der Waals surface area contributed by atoms with Crippen LogP contribution in [0.25, 0.3) is 0 Å². The SMILES string of the molecule is C[C@@H](NC(=O)C(=O)Nc1ccon1)c1ccccc1. The number of rotatable bonds is 3. The zero-order valence-electron chi connectivity index (χ0n) is 10.3. The molecule has 0 saturated heterocycles. The first-order valence-corrected chi connectivity index (χ1v) is 5.74. The molecular weight excluding hydrogens is 246 g/mol. The molecule has 1 heterocycles. The molecule has 1 atom stereocenters. The van der Waals surface area contributed by atoms with Gasteiger partial charge < -0.3 is 9.84 Å². The molecule has 0 aliphatic rings. The summed E-state index contributed by atoms with van der Waals surface area (Å²) in [7, 11) is 0. The summed E-state index contributed by atoms with van der Waals surface area (Å²) in [5.74, 6) is -1.30. The van der Waals surface area contributed by atoms with Gasteiger partial charge in [0, 0.05) is 6.07 Å². The topological polar surface area (TPSA) is 84.2 Å². The molecule has 6 heteroatoms. The highest BCUT2D eigenvalue weighted by Crippen LogP contribution is 2.10. The molecule has 98 valence electrons. The summed E-state index contributed by atoms with van der Waals surface area (Å²) < 4.78 is 4.55. The summed E-state index contributed by atoms with van der Waals surface area (Å²) in [5.41, 5.74) is 0.921. The van der Waals surface area contributed by atoms with E-state index in [1.54, 1.807) is 6.92 Å². The maximum atomic E-state index is 11.7. The number of amides is 2. The number of anilines is 1. The summed E-state index contributed by atoms with van der Waals surface area (Å²) >= 11 is 0. The minimum Gasteiger partial charge on any atom is -0.363 e. The van der Waals surface area contributed by atoms with Crippen LogP contribution in [0.5, 0.6) is 0 Å². The molecule has 2 rings (SSSR count). The van der Waals surface area contributed by atoms with Crippen molar-refractivity contribution in [1.82, 2.24) is 10.5 Å². The summed E-state index contributed by atoms with van der Waals surface area (Å²) in [6.07, 6.45) is 1.31. The Kier molecular flexibility index (Phi) is 3.92. The number of hydrogen-bond donors (Lipinski definition) is 2. The molecule has 1 aromatic heterocycles. The third-order valence-corrected chi connectivity index (χ3v) is 2.53. The number of benzene rings is 1. The standard InChI is InChI=1S/C13H13N3O3/c1-9(10-5-3-2-4-6-10)14-12(17)13(18)15-11-7-8-19-16-11/h2-9H,1H3,(H,14,17)(H,15,16,18)/t9-/m1/s1. The summed E-state index contributed by atoms with van der Waals surface area (Å²) in [4.78, 5) is 23.2. The largest absolute Gasteiger partial charge is 0.363 e. The third-order valence-electron chi connectivity index (χ3n) is 2.53. The molecule has 0 aliphatic heterocycles. The second-order valence-electron chi connectivity index (χ2n) is 3.94. The molecule has 19 heavy (non-hydrogen) atoms. The van der Waals surface area contributed by atoms with Crippen molar-refractivity contribution in [3.05, 3.63) is 48.2 Å². The predicted molar refractivity (Wildman–Crippen MR) is 68.1 cm³/mol. The van der Waals surface area contributed by atoms with Gasteiger partial charge >= 0.3 is 11.8 Å². The minimum atomic E-state index is -0.781. The van der Waals surface area contributed by atoms with Crippen LogP contribution in [-0.4, -0.2) is 17.0 Å². The van der Waals surface area contributed by atoms with Gasteiger partial charge in [-0.2, -0.15) is 0 Å².